The number of fused-ring (bicyclic) bond motifs is 2. The van der Waals surface area contributed by atoms with E-state index < -0.39 is 17.0 Å². The smallest absolute Gasteiger partial charge is 0.246 e. The maximum absolute atomic E-state index is 13.6. The van der Waals surface area contributed by atoms with Gasteiger partial charge in [0.15, 0.2) is 17.3 Å². The van der Waals surface area contributed by atoms with E-state index >= 15 is 0 Å². The van der Waals surface area contributed by atoms with E-state index in [0.29, 0.717) is 12.4 Å². The first-order chi connectivity index (χ1) is 18.2. The fraction of sp³-hybridized carbons (Fsp3) is 0.531. The van der Waals surface area contributed by atoms with Crippen LogP contribution in [-0.4, -0.2) is 35.8 Å². The zero-order valence-electron chi connectivity index (χ0n) is 24.6. The van der Waals surface area contributed by atoms with Gasteiger partial charge in [0.2, 0.25) is 11.7 Å². The molecule has 2 heterocycles. The number of nitrogens with zero attached hydrogens (tertiary/aromatic N) is 1. The lowest BCUT2D eigenvalue weighted by atomic mass is 9.92. The molecule has 7 nitrogen and oxygen atoms in total. The van der Waals surface area contributed by atoms with Gasteiger partial charge in [-0.3, -0.25) is 4.79 Å². The maximum atomic E-state index is 13.6. The van der Waals surface area contributed by atoms with Crippen molar-refractivity contribution in [2.75, 3.05) is 19.0 Å². The van der Waals surface area contributed by atoms with E-state index in [4.69, 9.17) is 18.9 Å². The molecule has 2 aromatic carbocycles. The number of carbonyl (C=O) groups excluding carboxylic acids is 1. The van der Waals surface area contributed by atoms with E-state index in [9.17, 15) is 4.79 Å². The lowest BCUT2D eigenvalue weighted by Gasteiger charge is -2.25. The Kier molecular flexibility index (Phi) is 6.75. The third kappa shape index (κ3) is 5.52. The predicted molar refractivity (Wildman–Crippen MR) is 154 cm³/mol. The first-order valence-electron chi connectivity index (χ1n) is 13.9. The largest absolute Gasteiger partial charge is 0.449 e. The minimum absolute atomic E-state index is 0.0216. The zero-order valence-corrected chi connectivity index (χ0v) is 24.6. The molecule has 0 radical (unpaired) electrons. The minimum Gasteiger partial charge on any atom is -0.449 e. The summed E-state index contributed by atoms with van der Waals surface area (Å²) in [6.45, 7) is 15.8. The summed E-state index contributed by atoms with van der Waals surface area (Å²) in [6.07, 6.45) is 2.50. The second kappa shape index (κ2) is 9.56. The third-order valence-electron chi connectivity index (χ3n) is 7.79. The van der Waals surface area contributed by atoms with Crippen LogP contribution in [0.15, 0.2) is 42.5 Å². The van der Waals surface area contributed by atoms with Crippen molar-refractivity contribution >= 4 is 22.5 Å². The molecular weight excluding hydrogens is 492 g/mol. The molecule has 39 heavy (non-hydrogen) atoms. The summed E-state index contributed by atoms with van der Waals surface area (Å²) >= 11 is 0. The first-order valence-corrected chi connectivity index (χ1v) is 13.9. The number of rotatable bonds is 9. The predicted octanol–water partition coefficient (Wildman–Crippen LogP) is 6.91. The molecule has 1 amide bonds. The summed E-state index contributed by atoms with van der Waals surface area (Å²) < 4.78 is 25.4. The molecule has 2 aliphatic rings. The molecule has 5 rings (SSSR count). The lowest BCUT2D eigenvalue weighted by Crippen LogP contribution is -2.29. The number of aryl methyl sites for hydroxylation is 1. The number of hydrogen-bond acceptors (Lipinski definition) is 5. The first kappa shape index (κ1) is 27.5. The Labute approximate surface area is 231 Å². The second-order valence-corrected chi connectivity index (χ2v) is 12.8. The fourth-order valence-electron chi connectivity index (χ4n) is 5.35. The number of ether oxygens (including phenoxy) is 4. The molecule has 1 saturated carbocycles. The van der Waals surface area contributed by atoms with Crippen LogP contribution in [0.5, 0.6) is 11.5 Å². The van der Waals surface area contributed by atoms with Gasteiger partial charge in [-0.1, -0.05) is 26.8 Å². The standard InChI is InChI=1S/C32H42N2O5/c1-29(2,3)27-19-21-18-23(11-12-24(21)34(27)16-9-17-37-30(4,5)36-8)33-28(35)32(14-15-32)22-10-13-25-26(20-22)39-31(6,7)38-25/h10-13,18-20H,9,14-17H2,1-8H3,(H,33,35). The molecule has 0 spiro atoms. The molecule has 7 heteroatoms. The van der Waals surface area contributed by atoms with E-state index in [-0.39, 0.29) is 11.3 Å². The van der Waals surface area contributed by atoms with E-state index in [0.717, 1.165) is 53.7 Å². The van der Waals surface area contributed by atoms with Gasteiger partial charge in [0.05, 0.1) is 12.0 Å². The van der Waals surface area contributed by atoms with Gasteiger partial charge in [-0.15, -0.1) is 0 Å². The highest BCUT2D eigenvalue weighted by Crippen LogP contribution is 2.52. The molecule has 0 bridgehead atoms. The summed E-state index contributed by atoms with van der Waals surface area (Å²) in [7, 11) is 1.66. The number of methoxy groups -OCH3 is 1. The quantitative estimate of drug-likeness (QED) is 0.239. The molecular formula is C32H42N2O5. The average Bonchev–Trinajstić information content (AvgIpc) is 3.49. The number of nitrogens with one attached hydrogen (secondary N) is 1. The molecule has 210 valence electrons. The van der Waals surface area contributed by atoms with Crippen LogP contribution in [0.3, 0.4) is 0 Å². The van der Waals surface area contributed by atoms with Crippen LogP contribution in [0.25, 0.3) is 10.9 Å². The van der Waals surface area contributed by atoms with Crippen molar-refractivity contribution in [3.63, 3.8) is 0 Å². The van der Waals surface area contributed by atoms with Gasteiger partial charge in [0, 0.05) is 55.2 Å². The summed E-state index contributed by atoms with van der Waals surface area (Å²) in [5.74, 6) is 0.164. The van der Waals surface area contributed by atoms with Crippen LogP contribution < -0.4 is 14.8 Å². The normalized spacial score (nSPS) is 17.4. The Morgan fingerprint density at radius 2 is 1.72 bits per heavy atom. The van der Waals surface area contributed by atoms with Crippen molar-refractivity contribution in [1.82, 2.24) is 4.57 Å². The zero-order chi connectivity index (χ0) is 28.2. The van der Waals surface area contributed by atoms with Gasteiger partial charge in [-0.05, 0) is 75.1 Å². The van der Waals surface area contributed by atoms with Gasteiger partial charge in [-0.2, -0.15) is 0 Å². The highest BCUT2D eigenvalue weighted by molar-refractivity contribution is 6.02. The molecule has 1 aliphatic heterocycles. The van der Waals surface area contributed by atoms with E-state index in [1.165, 1.54) is 5.69 Å². The van der Waals surface area contributed by atoms with Crippen LogP contribution in [0.2, 0.25) is 0 Å². The topological polar surface area (TPSA) is 71.0 Å². The van der Waals surface area contributed by atoms with Gasteiger partial charge < -0.3 is 28.8 Å². The van der Waals surface area contributed by atoms with Crippen molar-refractivity contribution in [2.45, 2.75) is 96.7 Å². The molecule has 0 saturated heterocycles. The fourth-order valence-corrected chi connectivity index (χ4v) is 5.35. The van der Waals surface area contributed by atoms with Crippen molar-refractivity contribution in [1.29, 1.82) is 0 Å². The average molecular weight is 535 g/mol. The van der Waals surface area contributed by atoms with Crippen molar-refractivity contribution in [3.8, 4) is 11.5 Å². The van der Waals surface area contributed by atoms with Crippen molar-refractivity contribution in [2.24, 2.45) is 0 Å². The molecule has 3 aromatic rings. The van der Waals surface area contributed by atoms with E-state index in [1.54, 1.807) is 7.11 Å². The van der Waals surface area contributed by atoms with Gasteiger partial charge in [0.25, 0.3) is 0 Å². The Balaban J connectivity index is 1.34. The maximum Gasteiger partial charge on any atom is 0.246 e. The molecule has 1 aromatic heterocycles. The van der Waals surface area contributed by atoms with Crippen LogP contribution in [0, 0.1) is 0 Å². The Hall–Kier alpha value is -3.03. The number of hydrogen-bond donors (Lipinski definition) is 1. The van der Waals surface area contributed by atoms with Gasteiger partial charge >= 0.3 is 0 Å². The second-order valence-electron chi connectivity index (χ2n) is 12.8. The van der Waals surface area contributed by atoms with Crippen LogP contribution >= 0.6 is 0 Å². The highest BCUT2D eigenvalue weighted by atomic mass is 16.7. The van der Waals surface area contributed by atoms with Gasteiger partial charge in [0.1, 0.15) is 0 Å². The van der Waals surface area contributed by atoms with Crippen molar-refractivity contribution < 1.29 is 23.7 Å². The summed E-state index contributed by atoms with van der Waals surface area (Å²) in [4.78, 5) is 13.6. The van der Waals surface area contributed by atoms with Crippen LogP contribution in [0.4, 0.5) is 5.69 Å². The molecule has 1 N–H and O–H groups in total. The SMILES string of the molecule is COC(C)(C)OCCCn1c(C(C)(C)C)cc2cc(NC(=O)C3(c4ccc5c(c4)OC(C)(C)O5)CC3)ccc21. The number of amides is 1. The third-order valence-corrected chi connectivity index (χ3v) is 7.79. The minimum atomic E-state index is -0.689. The Bertz CT molecular complexity index is 1390. The number of aromatic nitrogens is 1. The number of carbonyl (C=O) groups is 1. The monoisotopic (exact) mass is 534 g/mol. The van der Waals surface area contributed by atoms with E-state index in [2.05, 4.69) is 48.9 Å². The Morgan fingerprint density at radius 1 is 1.00 bits per heavy atom. The number of benzene rings is 2. The summed E-state index contributed by atoms with van der Waals surface area (Å²) in [5.41, 5.74) is 3.64. The van der Waals surface area contributed by atoms with Gasteiger partial charge in [-0.25, -0.2) is 0 Å². The summed E-state index contributed by atoms with van der Waals surface area (Å²) in [6, 6.07) is 14.3. The van der Waals surface area contributed by atoms with Crippen molar-refractivity contribution in [3.05, 3.63) is 53.7 Å². The molecule has 0 atom stereocenters. The summed E-state index contributed by atoms with van der Waals surface area (Å²) in [5, 5.41) is 4.32. The van der Waals surface area contributed by atoms with Crippen LogP contribution in [0.1, 0.15) is 79.0 Å². The number of anilines is 1. The Morgan fingerprint density at radius 3 is 2.38 bits per heavy atom. The highest BCUT2D eigenvalue weighted by Gasteiger charge is 2.52. The van der Waals surface area contributed by atoms with E-state index in [1.807, 2.05) is 52.0 Å². The molecule has 0 unspecified atom stereocenters. The lowest BCUT2D eigenvalue weighted by molar-refractivity contribution is -0.197. The molecule has 1 fully saturated rings. The van der Waals surface area contributed by atoms with Crippen LogP contribution in [-0.2, 0) is 31.6 Å². The molecule has 1 aliphatic carbocycles.